The molecule has 0 bridgehead atoms. The van der Waals surface area contributed by atoms with Crippen LogP contribution in [0.3, 0.4) is 0 Å². The molecule has 7 nitrogen and oxygen atoms in total. The van der Waals surface area contributed by atoms with Gasteiger partial charge in [-0.3, -0.25) is 9.59 Å². The van der Waals surface area contributed by atoms with E-state index in [2.05, 4.69) is 44.8 Å². The van der Waals surface area contributed by atoms with Gasteiger partial charge in [-0.05, 0) is 65.5 Å². The lowest BCUT2D eigenvalue weighted by atomic mass is 10.00. The Morgan fingerprint density at radius 3 is 1.83 bits per heavy atom. The number of ether oxygens (including phenoxy) is 1. The summed E-state index contributed by atoms with van der Waals surface area (Å²) in [4.78, 5) is 37.8. The summed E-state index contributed by atoms with van der Waals surface area (Å²) in [5, 5.41) is 2.34. The number of rotatable bonds is 9. The van der Waals surface area contributed by atoms with E-state index in [-0.39, 0.29) is 30.4 Å². The van der Waals surface area contributed by atoms with Crippen LogP contribution in [-0.2, 0) is 19.1 Å². The third kappa shape index (κ3) is 21.1. The number of nitrogens with zero attached hydrogens (tertiary/aromatic N) is 2. The van der Waals surface area contributed by atoms with E-state index < -0.39 is 0 Å². The largest absolute Gasteiger partial charge is 0.463 e. The van der Waals surface area contributed by atoms with Crippen LogP contribution in [0, 0.1) is 11.8 Å². The molecule has 0 saturated carbocycles. The predicted molar refractivity (Wildman–Crippen MR) is 148 cm³/mol. The second kappa shape index (κ2) is 23.8. The smallest absolute Gasteiger partial charge is 0.333 e. The average Bonchev–Trinajstić information content (AvgIpc) is 2.82. The molecule has 7 heteroatoms. The summed E-state index contributed by atoms with van der Waals surface area (Å²) in [5.41, 5.74) is 0.466. The molecule has 0 aromatic carbocycles. The van der Waals surface area contributed by atoms with Gasteiger partial charge < -0.3 is 19.9 Å². The number of esters is 1. The molecule has 0 aromatic rings. The summed E-state index contributed by atoms with van der Waals surface area (Å²) in [5.74, 6) is 0.360. The van der Waals surface area contributed by atoms with E-state index in [0.717, 1.165) is 12.0 Å². The van der Waals surface area contributed by atoms with Crippen molar-refractivity contribution >= 4 is 18.3 Å². The highest BCUT2D eigenvalue weighted by Gasteiger charge is 2.22. The SMILES string of the molecule is CC.CC(C)C.CC(C)N1CCCCC1.CCOC(=O)/C(C)=C/[C@H](C(C)C)N(C)C(=O)CNC=O. The first-order chi connectivity index (χ1) is 16.4. The molecule has 0 unspecified atom stereocenters. The molecule has 1 saturated heterocycles. The van der Waals surface area contributed by atoms with Crippen molar-refractivity contribution in [1.29, 1.82) is 0 Å². The van der Waals surface area contributed by atoms with E-state index in [1.165, 1.54) is 37.3 Å². The fourth-order valence-corrected chi connectivity index (χ4v) is 3.18. The number of carbonyl (C=O) groups excluding carboxylic acids is 3. The molecule has 1 rings (SSSR count). The molecule has 35 heavy (non-hydrogen) atoms. The van der Waals surface area contributed by atoms with E-state index in [0.29, 0.717) is 18.6 Å². The molecule has 1 N–H and O–H groups in total. The predicted octanol–water partition coefficient (Wildman–Crippen LogP) is 5.29. The molecule has 0 aliphatic carbocycles. The lowest BCUT2D eigenvalue weighted by Crippen LogP contribution is -2.43. The first-order valence-corrected chi connectivity index (χ1v) is 13.4. The van der Waals surface area contributed by atoms with E-state index >= 15 is 0 Å². The van der Waals surface area contributed by atoms with Crippen LogP contribution in [-0.4, -0.2) is 73.5 Å². The summed E-state index contributed by atoms with van der Waals surface area (Å²) >= 11 is 0. The molecule has 208 valence electrons. The molecule has 1 heterocycles. The Kier molecular flexibility index (Phi) is 25.6. The summed E-state index contributed by atoms with van der Waals surface area (Å²) in [7, 11) is 1.65. The molecule has 1 atom stereocenters. The number of carbonyl (C=O) groups is 3. The Balaban J connectivity index is -0.000000557. The molecule has 0 spiro atoms. The van der Waals surface area contributed by atoms with Gasteiger partial charge in [-0.25, -0.2) is 4.79 Å². The number of hydrogen-bond acceptors (Lipinski definition) is 5. The standard InChI is InChI=1S/C14H24N2O4.C8H17N.C4H10.C2H6/c1-6-20-14(19)11(4)7-12(10(2)3)16(5)13(18)8-15-9-17;1-8(2)9-6-4-3-5-7-9;1-4(2)3;1-2/h7,9-10,12H,6,8H2,1-5H3,(H,15,17);8H,3-7H2,1-2H3;4H,1-3H3;1-2H3/b11-7+;;;/t12-;;;/m1.../s1. The maximum absolute atomic E-state index is 11.9. The van der Waals surface area contributed by atoms with E-state index in [9.17, 15) is 14.4 Å². The van der Waals surface area contributed by atoms with Gasteiger partial charge in [0.05, 0.1) is 19.2 Å². The van der Waals surface area contributed by atoms with Crippen molar-refractivity contribution in [1.82, 2.24) is 15.1 Å². The van der Waals surface area contributed by atoms with Crippen LogP contribution in [0.4, 0.5) is 0 Å². The first-order valence-electron chi connectivity index (χ1n) is 13.4. The molecular formula is C28H57N3O4. The normalized spacial score (nSPS) is 14.4. The van der Waals surface area contributed by atoms with Gasteiger partial charge in [-0.15, -0.1) is 0 Å². The van der Waals surface area contributed by atoms with Crippen molar-refractivity contribution in [2.75, 3.05) is 33.3 Å². The Hall–Kier alpha value is -1.89. The molecule has 0 radical (unpaired) electrons. The number of likely N-dealkylation sites (tertiary alicyclic amines) is 1. The number of piperidine rings is 1. The summed E-state index contributed by atoms with van der Waals surface area (Å²) in [6.45, 7) is 25.3. The maximum Gasteiger partial charge on any atom is 0.333 e. The second-order valence-electron chi connectivity index (χ2n) is 9.73. The zero-order chi connectivity index (χ0) is 28.0. The van der Waals surface area contributed by atoms with Crippen LogP contribution >= 0.6 is 0 Å². The molecule has 1 aliphatic rings. The van der Waals surface area contributed by atoms with Crippen molar-refractivity contribution in [3.63, 3.8) is 0 Å². The van der Waals surface area contributed by atoms with E-state index in [4.69, 9.17) is 4.74 Å². The summed E-state index contributed by atoms with van der Waals surface area (Å²) in [6, 6.07) is 0.533. The quantitative estimate of drug-likeness (QED) is 0.265. The second-order valence-corrected chi connectivity index (χ2v) is 9.73. The average molecular weight is 500 g/mol. The van der Waals surface area contributed by atoms with Crippen molar-refractivity contribution in [2.45, 2.75) is 108 Å². The van der Waals surface area contributed by atoms with Gasteiger partial charge in [-0.2, -0.15) is 0 Å². The highest BCUT2D eigenvalue weighted by Crippen LogP contribution is 2.14. The minimum Gasteiger partial charge on any atom is -0.463 e. The first kappa shape index (κ1) is 37.7. The maximum atomic E-state index is 11.9. The van der Waals surface area contributed by atoms with Crippen LogP contribution in [0.2, 0.25) is 0 Å². The fraction of sp³-hybridized carbons (Fsp3) is 0.821. The van der Waals surface area contributed by atoms with Crippen molar-refractivity contribution in [3.8, 4) is 0 Å². The van der Waals surface area contributed by atoms with Crippen molar-refractivity contribution < 1.29 is 19.1 Å². The zero-order valence-electron chi connectivity index (χ0n) is 24.9. The lowest BCUT2D eigenvalue weighted by molar-refractivity contribution is -0.138. The molecule has 1 fully saturated rings. The van der Waals surface area contributed by atoms with Gasteiger partial charge in [0.2, 0.25) is 12.3 Å². The molecule has 1 aliphatic heterocycles. The summed E-state index contributed by atoms with van der Waals surface area (Å²) < 4.78 is 4.92. The zero-order valence-corrected chi connectivity index (χ0v) is 24.9. The van der Waals surface area contributed by atoms with E-state index in [1.807, 2.05) is 27.7 Å². The summed E-state index contributed by atoms with van der Waals surface area (Å²) in [6.07, 6.45) is 6.48. The van der Waals surface area contributed by atoms with Gasteiger partial charge >= 0.3 is 5.97 Å². The number of likely N-dealkylation sites (N-methyl/N-ethyl adjacent to an activating group) is 1. The fourth-order valence-electron chi connectivity index (χ4n) is 3.18. The highest BCUT2D eigenvalue weighted by atomic mass is 16.5. The van der Waals surface area contributed by atoms with Crippen LogP contribution in [0.25, 0.3) is 0 Å². The Bertz CT molecular complexity index is 566. The molecular weight excluding hydrogens is 442 g/mol. The van der Waals surface area contributed by atoms with Gasteiger partial charge in [0, 0.05) is 18.7 Å². The lowest BCUT2D eigenvalue weighted by Gasteiger charge is -2.29. The third-order valence-corrected chi connectivity index (χ3v) is 5.00. The Labute approximate surface area is 217 Å². The van der Waals surface area contributed by atoms with Crippen LogP contribution in [0.5, 0.6) is 0 Å². The molecule has 0 aromatic heterocycles. The van der Waals surface area contributed by atoms with Gasteiger partial charge in [-0.1, -0.05) is 61.0 Å². The molecule has 2 amide bonds. The van der Waals surface area contributed by atoms with E-state index in [1.54, 1.807) is 27.0 Å². The minimum atomic E-state index is -0.384. The number of hydrogen-bond donors (Lipinski definition) is 1. The van der Waals surface area contributed by atoms with Gasteiger partial charge in [0.25, 0.3) is 0 Å². The van der Waals surface area contributed by atoms with Gasteiger partial charge in [0.15, 0.2) is 0 Å². The monoisotopic (exact) mass is 499 g/mol. The van der Waals surface area contributed by atoms with Crippen LogP contribution < -0.4 is 5.32 Å². The van der Waals surface area contributed by atoms with Gasteiger partial charge in [0.1, 0.15) is 0 Å². The number of amides is 2. The third-order valence-electron chi connectivity index (χ3n) is 5.00. The van der Waals surface area contributed by atoms with Crippen molar-refractivity contribution in [3.05, 3.63) is 11.6 Å². The van der Waals surface area contributed by atoms with Crippen LogP contribution in [0.15, 0.2) is 11.6 Å². The van der Waals surface area contributed by atoms with Crippen molar-refractivity contribution in [2.24, 2.45) is 11.8 Å². The Morgan fingerprint density at radius 2 is 1.49 bits per heavy atom. The van der Waals surface area contributed by atoms with Crippen LogP contribution in [0.1, 0.15) is 95.4 Å². The minimum absolute atomic E-state index is 0.0600. The highest BCUT2D eigenvalue weighted by molar-refractivity contribution is 5.88. The Morgan fingerprint density at radius 1 is 1.00 bits per heavy atom. The topological polar surface area (TPSA) is 79.0 Å². The number of nitrogens with one attached hydrogen (secondary N) is 1.